The van der Waals surface area contributed by atoms with E-state index >= 15 is 0 Å². The quantitative estimate of drug-likeness (QED) is 0.782. The summed E-state index contributed by atoms with van der Waals surface area (Å²) < 4.78 is 5.89. The maximum atomic E-state index is 5.89. The summed E-state index contributed by atoms with van der Waals surface area (Å²) in [7, 11) is 0. The third kappa shape index (κ3) is 2.23. The van der Waals surface area contributed by atoms with E-state index in [2.05, 4.69) is 34.1 Å². The molecule has 3 heterocycles. The molecule has 0 bridgehead atoms. The molecule has 1 aromatic rings. The first-order valence-electron chi connectivity index (χ1n) is 8.11. The van der Waals surface area contributed by atoms with Crippen molar-refractivity contribution in [3.8, 4) is 5.75 Å². The number of nitrogens with zero attached hydrogens (tertiary/aromatic N) is 2. The van der Waals surface area contributed by atoms with Crippen LogP contribution in [0, 0.1) is 0 Å². The van der Waals surface area contributed by atoms with Crippen molar-refractivity contribution in [2.75, 3.05) is 32.8 Å². The van der Waals surface area contributed by atoms with Crippen LogP contribution >= 0.6 is 0 Å². The van der Waals surface area contributed by atoms with Crippen molar-refractivity contribution >= 4 is 0 Å². The highest BCUT2D eigenvalue weighted by molar-refractivity contribution is 5.39. The molecule has 0 saturated carbocycles. The van der Waals surface area contributed by atoms with Crippen LogP contribution in [0.25, 0.3) is 0 Å². The summed E-state index contributed by atoms with van der Waals surface area (Å²) in [5.74, 6) is 1.10. The molecule has 2 unspecified atom stereocenters. The van der Waals surface area contributed by atoms with E-state index in [-0.39, 0.29) is 0 Å². The number of hydrogen-bond donors (Lipinski definition) is 0. The number of rotatable bonds is 1. The van der Waals surface area contributed by atoms with Crippen LogP contribution in [0.3, 0.4) is 0 Å². The van der Waals surface area contributed by atoms with E-state index < -0.39 is 0 Å². The zero-order valence-corrected chi connectivity index (χ0v) is 12.1. The Bertz CT molecular complexity index is 476. The molecule has 0 spiro atoms. The van der Waals surface area contributed by atoms with Gasteiger partial charge in [0.25, 0.3) is 0 Å². The minimum Gasteiger partial charge on any atom is -0.491 e. The van der Waals surface area contributed by atoms with Crippen molar-refractivity contribution < 1.29 is 4.74 Å². The highest BCUT2D eigenvalue weighted by atomic mass is 16.5. The maximum absolute atomic E-state index is 5.89. The summed E-state index contributed by atoms with van der Waals surface area (Å²) in [5, 5.41) is 0. The zero-order chi connectivity index (χ0) is 13.4. The van der Waals surface area contributed by atoms with Gasteiger partial charge in [-0.1, -0.05) is 24.6 Å². The molecule has 0 radical (unpaired) electrons. The van der Waals surface area contributed by atoms with Gasteiger partial charge >= 0.3 is 0 Å². The third-order valence-electron chi connectivity index (χ3n) is 5.20. The Kier molecular flexibility index (Phi) is 3.41. The van der Waals surface area contributed by atoms with Gasteiger partial charge in [-0.2, -0.15) is 0 Å². The highest BCUT2D eigenvalue weighted by Gasteiger charge is 2.34. The van der Waals surface area contributed by atoms with E-state index in [0.29, 0.717) is 6.04 Å². The van der Waals surface area contributed by atoms with Crippen LogP contribution < -0.4 is 4.74 Å². The fourth-order valence-electron chi connectivity index (χ4n) is 4.13. The van der Waals surface area contributed by atoms with Gasteiger partial charge in [0.1, 0.15) is 12.4 Å². The summed E-state index contributed by atoms with van der Waals surface area (Å²) in [6.07, 6.45) is 5.49. The van der Waals surface area contributed by atoms with Crippen molar-refractivity contribution in [2.24, 2.45) is 0 Å². The molecule has 0 aliphatic carbocycles. The standard InChI is InChI=1S/C17H24N2O/c1-2-8-17-15(7-1)16(13-20-17)19-11-5-10-18-9-4-3-6-14(18)12-19/h1-2,7-8,14,16H,3-6,9-13H2. The SMILES string of the molecule is c1ccc2c(c1)OCC2N1CCCN2CCCCC2C1. The molecule has 0 aromatic heterocycles. The van der Waals surface area contributed by atoms with E-state index in [9.17, 15) is 0 Å². The second-order valence-corrected chi connectivity index (χ2v) is 6.40. The van der Waals surface area contributed by atoms with Gasteiger partial charge in [-0.15, -0.1) is 0 Å². The van der Waals surface area contributed by atoms with Gasteiger partial charge in [0.05, 0.1) is 6.04 Å². The Labute approximate surface area is 121 Å². The van der Waals surface area contributed by atoms with E-state index in [1.54, 1.807) is 0 Å². The minimum absolute atomic E-state index is 0.480. The topological polar surface area (TPSA) is 15.7 Å². The Morgan fingerprint density at radius 2 is 1.80 bits per heavy atom. The molecule has 2 saturated heterocycles. The normalized spacial score (nSPS) is 31.2. The van der Waals surface area contributed by atoms with Crippen LogP contribution in [0.1, 0.15) is 37.3 Å². The van der Waals surface area contributed by atoms with Gasteiger partial charge in [-0.05, 0) is 38.4 Å². The van der Waals surface area contributed by atoms with Crippen molar-refractivity contribution in [3.63, 3.8) is 0 Å². The predicted octanol–water partition coefficient (Wildman–Crippen LogP) is 2.68. The number of benzene rings is 1. The fourth-order valence-corrected chi connectivity index (χ4v) is 4.13. The fraction of sp³-hybridized carbons (Fsp3) is 0.647. The van der Waals surface area contributed by atoms with Crippen molar-refractivity contribution in [3.05, 3.63) is 29.8 Å². The number of ether oxygens (including phenoxy) is 1. The Balaban J connectivity index is 1.54. The van der Waals surface area contributed by atoms with Gasteiger partial charge in [0.2, 0.25) is 0 Å². The number of para-hydroxylation sites is 1. The zero-order valence-electron chi connectivity index (χ0n) is 12.1. The van der Waals surface area contributed by atoms with Crippen LogP contribution in [0.4, 0.5) is 0 Å². The van der Waals surface area contributed by atoms with Crippen molar-refractivity contribution in [2.45, 2.75) is 37.8 Å². The van der Waals surface area contributed by atoms with Gasteiger partial charge in [0.15, 0.2) is 0 Å². The van der Waals surface area contributed by atoms with E-state index in [0.717, 1.165) is 18.4 Å². The second kappa shape index (κ2) is 5.38. The molecular weight excluding hydrogens is 248 g/mol. The molecule has 3 heteroatoms. The lowest BCUT2D eigenvalue weighted by Gasteiger charge is -2.36. The van der Waals surface area contributed by atoms with E-state index in [4.69, 9.17) is 4.74 Å². The molecule has 4 rings (SSSR count). The number of piperidine rings is 1. The minimum atomic E-state index is 0.480. The largest absolute Gasteiger partial charge is 0.491 e. The van der Waals surface area contributed by atoms with Crippen LogP contribution in [0.5, 0.6) is 5.75 Å². The lowest BCUT2D eigenvalue weighted by molar-refractivity contribution is 0.110. The van der Waals surface area contributed by atoms with Crippen molar-refractivity contribution in [1.29, 1.82) is 0 Å². The summed E-state index contributed by atoms with van der Waals surface area (Å²) in [6.45, 7) is 5.89. The first-order chi connectivity index (χ1) is 9.92. The first kappa shape index (κ1) is 12.7. The second-order valence-electron chi connectivity index (χ2n) is 6.40. The molecule has 3 aliphatic heterocycles. The smallest absolute Gasteiger partial charge is 0.124 e. The predicted molar refractivity (Wildman–Crippen MR) is 80.1 cm³/mol. The van der Waals surface area contributed by atoms with Gasteiger partial charge in [-0.25, -0.2) is 0 Å². The number of fused-ring (bicyclic) bond motifs is 2. The molecule has 2 atom stereocenters. The van der Waals surface area contributed by atoms with Gasteiger partial charge in [-0.3, -0.25) is 9.80 Å². The van der Waals surface area contributed by atoms with Crippen LogP contribution in [0.15, 0.2) is 24.3 Å². The summed E-state index contributed by atoms with van der Waals surface area (Å²) in [6, 6.07) is 9.83. The molecule has 2 fully saturated rings. The van der Waals surface area contributed by atoms with Gasteiger partial charge < -0.3 is 4.74 Å². The highest BCUT2D eigenvalue weighted by Crippen LogP contribution is 2.37. The lowest BCUT2D eigenvalue weighted by atomic mass is 10.0. The van der Waals surface area contributed by atoms with Crippen LogP contribution in [-0.2, 0) is 0 Å². The summed E-state index contributed by atoms with van der Waals surface area (Å²) in [5.41, 5.74) is 1.40. The lowest BCUT2D eigenvalue weighted by Crippen LogP contribution is -2.44. The van der Waals surface area contributed by atoms with Crippen LogP contribution in [-0.4, -0.2) is 48.6 Å². The third-order valence-corrected chi connectivity index (χ3v) is 5.20. The molecule has 1 aromatic carbocycles. The Hall–Kier alpha value is -1.06. The Morgan fingerprint density at radius 1 is 0.950 bits per heavy atom. The molecule has 20 heavy (non-hydrogen) atoms. The van der Waals surface area contributed by atoms with E-state index in [1.165, 1.54) is 57.4 Å². The molecule has 0 amide bonds. The van der Waals surface area contributed by atoms with Crippen molar-refractivity contribution in [1.82, 2.24) is 9.80 Å². The molecule has 3 nitrogen and oxygen atoms in total. The average Bonchev–Trinajstić information content (AvgIpc) is 2.80. The average molecular weight is 272 g/mol. The first-order valence-corrected chi connectivity index (χ1v) is 8.11. The summed E-state index contributed by atoms with van der Waals surface area (Å²) >= 11 is 0. The van der Waals surface area contributed by atoms with Gasteiger partial charge in [0, 0.05) is 24.7 Å². The monoisotopic (exact) mass is 272 g/mol. The Morgan fingerprint density at radius 3 is 2.80 bits per heavy atom. The van der Waals surface area contributed by atoms with E-state index in [1.807, 2.05) is 0 Å². The molecular formula is C17H24N2O. The summed E-state index contributed by atoms with van der Waals surface area (Å²) in [4.78, 5) is 5.41. The molecule has 3 aliphatic rings. The molecule has 108 valence electrons. The maximum Gasteiger partial charge on any atom is 0.124 e. The van der Waals surface area contributed by atoms with Crippen LogP contribution in [0.2, 0.25) is 0 Å². The number of hydrogen-bond acceptors (Lipinski definition) is 3. The molecule has 0 N–H and O–H groups in total.